The van der Waals surface area contributed by atoms with E-state index in [1.54, 1.807) is 35.8 Å². The normalized spacial score (nSPS) is 15.7. The van der Waals surface area contributed by atoms with Crippen molar-refractivity contribution in [2.45, 2.75) is 26.7 Å². The van der Waals surface area contributed by atoms with Gasteiger partial charge in [-0.1, -0.05) is 12.2 Å². The second-order valence-corrected chi connectivity index (χ2v) is 9.37. The fraction of sp³-hybridized carbons (Fsp3) is 0.296. The van der Waals surface area contributed by atoms with Crippen molar-refractivity contribution in [3.8, 4) is 0 Å². The van der Waals surface area contributed by atoms with Gasteiger partial charge in [0.1, 0.15) is 11.6 Å². The molecule has 37 heavy (non-hydrogen) atoms. The number of nitrogens with two attached hydrogens (primary N) is 2. The molecule has 7 N–H and O–H groups in total. The number of guanidine groups is 2. The van der Waals surface area contributed by atoms with E-state index in [9.17, 15) is 4.79 Å². The van der Waals surface area contributed by atoms with Gasteiger partial charge in [0.25, 0.3) is 5.91 Å². The summed E-state index contributed by atoms with van der Waals surface area (Å²) in [6.45, 7) is 5.44. The third-order valence-corrected chi connectivity index (χ3v) is 6.91. The van der Waals surface area contributed by atoms with Crippen molar-refractivity contribution in [3.63, 3.8) is 0 Å². The molecule has 0 aromatic heterocycles. The molecular formula is C27H31F2N7O. The maximum absolute atomic E-state index is 15.1. The minimum Gasteiger partial charge on any atom is -0.370 e. The Bertz CT molecular complexity index is 1350. The molecule has 0 unspecified atom stereocenters. The van der Waals surface area contributed by atoms with Crippen LogP contribution < -0.4 is 16.8 Å². The van der Waals surface area contributed by atoms with Crippen LogP contribution in [-0.4, -0.2) is 53.8 Å². The Morgan fingerprint density at radius 1 is 0.838 bits per heavy atom. The summed E-state index contributed by atoms with van der Waals surface area (Å²) in [7, 11) is 0. The quantitative estimate of drug-likeness (QED) is 0.317. The minimum absolute atomic E-state index is 0.0140. The lowest BCUT2D eigenvalue weighted by Crippen LogP contribution is -2.39. The zero-order valence-corrected chi connectivity index (χ0v) is 20.9. The topological polar surface area (TPSA) is 135 Å². The van der Waals surface area contributed by atoms with Crippen LogP contribution in [0.25, 0.3) is 11.1 Å². The lowest BCUT2D eigenvalue weighted by molar-refractivity contribution is 0.102. The molecule has 0 aliphatic carbocycles. The van der Waals surface area contributed by atoms with Gasteiger partial charge in [-0.3, -0.25) is 15.6 Å². The van der Waals surface area contributed by atoms with E-state index in [4.69, 9.17) is 22.3 Å². The summed E-state index contributed by atoms with van der Waals surface area (Å²) in [4.78, 5) is 16.4. The maximum atomic E-state index is 15.1. The molecule has 1 amide bonds. The highest BCUT2D eigenvalue weighted by Gasteiger charge is 2.21. The maximum Gasteiger partial charge on any atom is 0.256 e. The molecule has 2 aromatic carbocycles. The predicted octanol–water partition coefficient (Wildman–Crippen LogP) is 3.80. The number of nitrogens with one attached hydrogen (secondary N) is 3. The molecule has 0 saturated heterocycles. The molecule has 0 spiro atoms. The third-order valence-electron chi connectivity index (χ3n) is 6.91. The molecule has 2 aromatic rings. The van der Waals surface area contributed by atoms with Gasteiger partial charge in [0.05, 0.1) is 0 Å². The first kappa shape index (κ1) is 25.9. The van der Waals surface area contributed by atoms with Gasteiger partial charge in [0, 0.05) is 48.6 Å². The van der Waals surface area contributed by atoms with Crippen molar-refractivity contribution in [1.82, 2.24) is 9.80 Å². The Morgan fingerprint density at radius 3 is 1.78 bits per heavy atom. The number of hydrogen-bond donors (Lipinski definition) is 5. The number of nitrogens with zero attached hydrogens (tertiary/aromatic N) is 2. The van der Waals surface area contributed by atoms with Crippen molar-refractivity contribution in [2.75, 3.05) is 31.5 Å². The Kier molecular flexibility index (Phi) is 7.28. The SMILES string of the molecule is Cc1cc(C2=CCN(C(=N)N)CC2)c(F)cc1NC(=O)c1cc(F)c(C2=CCN(C(=N)N)CC2)cc1C. The lowest BCUT2D eigenvalue weighted by atomic mass is 9.94. The molecule has 10 heteroatoms. The Labute approximate surface area is 214 Å². The van der Waals surface area contributed by atoms with Gasteiger partial charge in [0.2, 0.25) is 0 Å². The summed E-state index contributed by atoms with van der Waals surface area (Å²) in [5.41, 5.74) is 15.3. The number of anilines is 1. The summed E-state index contributed by atoms with van der Waals surface area (Å²) in [5.74, 6) is -1.54. The monoisotopic (exact) mass is 507 g/mol. The number of benzene rings is 2. The molecule has 8 nitrogen and oxygen atoms in total. The molecule has 0 radical (unpaired) electrons. The van der Waals surface area contributed by atoms with Crippen molar-refractivity contribution < 1.29 is 13.6 Å². The van der Waals surface area contributed by atoms with E-state index in [0.717, 1.165) is 11.1 Å². The highest BCUT2D eigenvalue weighted by atomic mass is 19.1. The summed E-state index contributed by atoms with van der Waals surface area (Å²) in [5, 5.41) is 17.8. The van der Waals surface area contributed by atoms with Gasteiger partial charge in [-0.2, -0.15) is 0 Å². The Balaban J connectivity index is 1.52. The molecule has 2 aliphatic rings. The van der Waals surface area contributed by atoms with Crippen molar-refractivity contribution >= 4 is 34.7 Å². The van der Waals surface area contributed by atoms with Crippen LogP contribution in [-0.2, 0) is 0 Å². The number of halogens is 2. The highest BCUT2D eigenvalue weighted by Crippen LogP contribution is 2.31. The van der Waals surface area contributed by atoms with Gasteiger partial charge in [-0.15, -0.1) is 0 Å². The summed E-state index contributed by atoms with van der Waals surface area (Å²) < 4.78 is 30.1. The van der Waals surface area contributed by atoms with Crippen LogP contribution in [0.5, 0.6) is 0 Å². The number of amides is 1. The van der Waals surface area contributed by atoms with Gasteiger partial charge < -0.3 is 26.6 Å². The molecule has 0 bridgehead atoms. The van der Waals surface area contributed by atoms with Crippen LogP contribution in [0.3, 0.4) is 0 Å². The van der Waals surface area contributed by atoms with E-state index in [-0.39, 0.29) is 17.5 Å². The number of carbonyl (C=O) groups is 1. The van der Waals surface area contributed by atoms with E-state index < -0.39 is 17.5 Å². The number of rotatable bonds is 4. The Hall–Kier alpha value is -4.21. The summed E-state index contributed by atoms with van der Waals surface area (Å²) in [6, 6.07) is 5.84. The van der Waals surface area contributed by atoms with Crippen LogP contribution in [0.15, 0.2) is 36.4 Å². The fourth-order valence-corrected chi connectivity index (χ4v) is 4.69. The summed E-state index contributed by atoms with van der Waals surface area (Å²) in [6.07, 6.45) is 4.79. The number of hydrogen-bond acceptors (Lipinski definition) is 3. The predicted molar refractivity (Wildman–Crippen MR) is 142 cm³/mol. The molecule has 0 atom stereocenters. The van der Waals surface area contributed by atoms with Gasteiger partial charge in [0.15, 0.2) is 11.9 Å². The van der Waals surface area contributed by atoms with Crippen molar-refractivity contribution in [2.24, 2.45) is 11.5 Å². The third kappa shape index (κ3) is 5.47. The number of aryl methyl sites for hydroxylation is 2. The van der Waals surface area contributed by atoms with Crippen molar-refractivity contribution in [3.05, 3.63) is 75.9 Å². The molecular weight excluding hydrogens is 476 g/mol. The van der Waals surface area contributed by atoms with E-state index in [1.165, 1.54) is 12.1 Å². The Morgan fingerprint density at radius 2 is 1.32 bits per heavy atom. The van der Waals surface area contributed by atoms with Gasteiger partial charge in [-0.05, 0) is 73.2 Å². The molecule has 4 rings (SSSR count). The van der Waals surface area contributed by atoms with Crippen LogP contribution in [0.4, 0.5) is 14.5 Å². The van der Waals surface area contributed by atoms with E-state index in [1.807, 2.05) is 12.2 Å². The fourth-order valence-electron chi connectivity index (χ4n) is 4.69. The first-order chi connectivity index (χ1) is 17.5. The standard InChI is InChI=1S/C27H31F2N7O/c1-15-11-20(17-3-7-35(8-4-17)26(30)31)22(28)13-19(15)25(37)34-24-14-23(29)21(12-16(24)2)18-5-9-36(10-6-18)27(32)33/h3,5,11-14H,4,6-10H2,1-2H3,(H3,30,31)(H3,32,33)(H,34,37). The van der Waals surface area contributed by atoms with Crippen LogP contribution in [0, 0.1) is 36.3 Å². The smallest absolute Gasteiger partial charge is 0.256 e. The largest absolute Gasteiger partial charge is 0.370 e. The zero-order chi connectivity index (χ0) is 26.9. The van der Waals surface area contributed by atoms with E-state index in [2.05, 4.69) is 5.32 Å². The first-order valence-electron chi connectivity index (χ1n) is 12.0. The molecule has 194 valence electrons. The average Bonchev–Trinajstić information content (AvgIpc) is 2.87. The second kappa shape index (κ2) is 10.4. The number of carbonyl (C=O) groups excluding carboxylic acids is 1. The second-order valence-electron chi connectivity index (χ2n) is 9.37. The van der Waals surface area contributed by atoms with E-state index >= 15 is 8.78 Å². The van der Waals surface area contributed by atoms with Gasteiger partial charge in [-0.25, -0.2) is 8.78 Å². The highest BCUT2D eigenvalue weighted by molar-refractivity contribution is 6.06. The molecule has 0 fully saturated rings. The first-order valence-corrected chi connectivity index (χ1v) is 12.0. The zero-order valence-electron chi connectivity index (χ0n) is 20.9. The lowest BCUT2D eigenvalue weighted by Gasteiger charge is -2.27. The van der Waals surface area contributed by atoms with Crippen LogP contribution in [0.1, 0.15) is 45.5 Å². The van der Waals surface area contributed by atoms with Crippen LogP contribution >= 0.6 is 0 Å². The van der Waals surface area contributed by atoms with Crippen LogP contribution in [0.2, 0.25) is 0 Å². The van der Waals surface area contributed by atoms with E-state index in [0.29, 0.717) is 67.0 Å². The molecule has 2 aliphatic heterocycles. The van der Waals surface area contributed by atoms with Crippen molar-refractivity contribution in [1.29, 1.82) is 10.8 Å². The van der Waals surface area contributed by atoms with Gasteiger partial charge >= 0.3 is 0 Å². The average molecular weight is 508 g/mol. The molecule has 2 heterocycles. The minimum atomic E-state index is -0.521. The summed E-state index contributed by atoms with van der Waals surface area (Å²) >= 11 is 0. The molecule has 0 saturated carbocycles.